The highest BCUT2D eigenvalue weighted by Crippen LogP contribution is 2.52. The van der Waals surface area contributed by atoms with Crippen molar-refractivity contribution < 1.29 is 4.74 Å². The van der Waals surface area contributed by atoms with Crippen LogP contribution in [0.3, 0.4) is 0 Å². The summed E-state index contributed by atoms with van der Waals surface area (Å²) in [6.45, 7) is 0. The van der Waals surface area contributed by atoms with E-state index in [4.69, 9.17) is 4.74 Å². The first-order chi connectivity index (χ1) is 26.8. The van der Waals surface area contributed by atoms with Gasteiger partial charge < -0.3 is 9.64 Å². The molecule has 1 heterocycles. The van der Waals surface area contributed by atoms with Crippen molar-refractivity contribution in [1.29, 1.82) is 0 Å². The largest absolute Gasteiger partial charge is 0.365 e. The third kappa shape index (κ3) is 5.96. The van der Waals surface area contributed by atoms with Gasteiger partial charge in [0, 0.05) is 28.8 Å². The van der Waals surface area contributed by atoms with E-state index in [-0.39, 0.29) is 24.2 Å². The first-order valence-corrected chi connectivity index (χ1v) is 19.8. The second kappa shape index (κ2) is 14.3. The van der Waals surface area contributed by atoms with Crippen molar-refractivity contribution in [3.05, 3.63) is 216 Å². The minimum atomic E-state index is 0.0226. The summed E-state index contributed by atoms with van der Waals surface area (Å²) < 4.78 is 7.12. The molecule has 5 aromatic rings. The lowest BCUT2D eigenvalue weighted by Crippen LogP contribution is -2.39. The fourth-order valence-corrected chi connectivity index (χ4v) is 9.59. The molecule has 0 radical (unpaired) electrons. The zero-order valence-corrected chi connectivity index (χ0v) is 30.6. The molecule has 0 aromatic heterocycles. The maximum atomic E-state index is 7.12. The van der Waals surface area contributed by atoms with Gasteiger partial charge >= 0.3 is 0 Å². The molecule has 5 aliphatic rings. The summed E-state index contributed by atoms with van der Waals surface area (Å²) in [6.07, 6.45) is 22.3. The normalized spacial score (nSPS) is 24.1. The molecule has 2 heteroatoms. The topological polar surface area (TPSA) is 12.5 Å². The predicted molar refractivity (Wildman–Crippen MR) is 224 cm³/mol. The van der Waals surface area contributed by atoms with Crippen LogP contribution in [-0.2, 0) is 4.74 Å². The van der Waals surface area contributed by atoms with Crippen LogP contribution in [0.2, 0.25) is 0 Å². The number of allylic oxidation sites excluding steroid dienone is 5. The van der Waals surface area contributed by atoms with Gasteiger partial charge in [0.05, 0.1) is 18.2 Å². The Morgan fingerprint density at radius 3 is 2.04 bits per heavy atom. The third-order valence-corrected chi connectivity index (χ3v) is 12.2. The Morgan fingerprint density at radius 2 is 1.28 bits per heavy atom. The molecule has 1 aliphatic heterocycles. The van der Waals surface area contributed by atoms with Gasteiger partial charge in [-0.05, 0) is 88.3 Å². The summed E-state index contributed by atoms with van der Waals surface area (Å²) in [6, 6.07) is 51.1. The molecular formula is C52H45NO. The molecule has 1 fully saturated rings. The van der Waals surface area contributed by atoms with E-state index in [0.29, 0.717) is 5.92 Å². The molecular weight excluding hydrogens is 655 g/mol. The Hall–Kier alpha value is -5.70. The SMILES string of the molecule is C1=CC2=C(CC1)C(N(c1ccccc1-c1ccccc1)C1C=CC(c3ccccc3)CC1)=CC1C3=C(c4ccc(-c5ccccc5)cc4)C=CCC3OC21. The number of rotatable bonds is 7. The quantitative estimate of drug-likeness (QED) is 0.157. The average Bonchev–Trinajstić information content (AvgIpc) is 3.64. The van der Waals surface area contributed by atoms with E-state index in [0.717, 1.165) is 32.1 Å². The molecule has 1 saturated heterocycles. The van der Waals surface area contributed by atoms with Crippen LogP contribution in [0.15, 0.2) is 204 Å². The standard InChI is InChI=1S/C52H45NO/c1-4-15-36(16-5-1)38-27-29-41(30-28-38)44-24-14-26-50-51(44)47-35-49(45-22-10-11-23-46(45)52(47)54-50)53(42-33-31-39(32-34-42)37-17-6-2-7-18-37)48-25-13-12-21-43(48)40-19-8-3-9-20-40/h1-9,11-21,23-25,27-31,33,35,39,42,47,50,52H,10,22,26,32,34H2. The smallest absolute Gasteiger partial charge is 0.0938 e. The van der Waals surface area contributed by atoms with Crippen molar-refractivity contribution in [3.8, 4) is 22.3 Å². The molecule has 264 valence electrons. The first kappa shape index (κ1) is 32.9. The summed E-state index contributed by atoms with van der Waals surface area (Å²) in [5.74, 6) is 0.584. The van der Waals surface area contributed by atoms with Crippen LogP contribution in [-0.4, -0.2) is 18.2 Å². The number of ether oxygens (including phenoxy) is 1. The molecule has 5 atom stereocenters. The van der Waals surface area contributed by atoms with Gasteiger partial charge in [0.1, 0.15) is 0 Å². The molecule has 2 nitrogen and oxygen atoms in total. The van der Waals surface area contributed by atoms with Crippen molar-refractivity contribution in [2.24, 2.45) is 5.92 Å². The Morgan fingerprint density at radius 1 is 0.593 bits per heavy atom. The second-order valence-corrected chi connectivity index (χ2v) is 15.2. The molecule has 5 aromatic carbocycles. The zero-order chi connectivity index (χ0) is 35.8. The number of fused-ring (bicyclic) bond motifs is 4. The van der Waals surface area contributed by atoms with Crippen molar-refractivity contribution in [3.63, 3.8) is 0 Å². The number of para-hydroxylation sites is 1. The van der Waals surface area contributed by atoms with Gasteiger partial charge in [-0.25, -0.2) is 0 Å². The fraction of sp³-hybridized carbons (Fsp3) is 0.192. The predicted octanol–water partition coefficient (Wildman–Crippen LogP) is 12.7. The van der Waals surface area contributed by atoms with E-state index in [1.54, 1.807) is 0 Å². The minimum absolute atomic E-state index is 0.0226. The van der Waals surface area contributed by atoms with Crippen LogP contribution in [0.1, 0.15) is 49.1 Å². The summed E-state index contributed by atoms with van der Waals surface area (Å²) >= 11 is 0. The first-order valence-electron chi connectivity index (χ1n) is 19.8. The van der Waals surface area contributed by atoms with Crippen molar-refractivity contribution in [2.75, 3.05) is 4.90 Å². The highest BCUT2D eigenvalue weighted by atomic mass is 16.5. The Balaban J connectivity index is 1.12. The van der Waals surface area contributed by atoms with Crippen molar-refractivity contribution in [2.45, 2.75) is 56.3 Å². The van der Waals surface area contributed by atoms with Gasteiger partial charge in [0.15, 0.2) is 0 Å². The van der Waals surface area contributed by atoms with Crippen molar-refractivity contribution in [1.82, 2.24) is 0 Å². The molecule has 0 spiro atoms. The van der Waals surface area contributed by atoms with Gasteiger partial charge in [-0.1, -0.05) is 176 Å². The molecule has 0 bridgehead atoms. The number of hydrogen-bond acceptors (Lipinski definition) is 2. The van der Waals surface area contributed by atoms with Gasteiger partial charge in [0.2, 0.25) is 0 Å². The maximum absolute atomic E-state index is 7.12. The highest BCUT2D eigenvalue weighted by Gasteiger charge is 2.46. The number of benzene rings is 5. The maximum Gasteiger partial charge on any atom is 0.0938 e. The molecule has 0 amide bonds. The lowest BCUT2D eigenvalue weighted by Gasteiger charge is -2.42. The van der Waals surface area contributed by atoms with Gasteiger partial charge in [-0.2, -0.15) is 0 Å². The molecule has 4 aliphatic carbocycles. The number of anilines is 1. The van der Waals surface area contributed by atoms with E-state index in [2.05, 4.69) is 187 Å². The monoisotopic (exact) mass is 699 g/mol. The van der Waals surface area contributed by atoms with Gasteiger partial charge in [0.25, 0.3) is 0 Å². The molecule has 0 N–H and O–H groups in total. The Bertz CT molecular complexity index is 2340. The van der Waals surface area contributed by atoms with E-state index in [1.165, 1.54) is 67.1 Å². The van der Waals surface area contributed by atoms with Crippen LogP contribution in [0.5, 0.6) is 0 Å². The summed E-state index contributed by atoms with van der Waals surface area (Å²) in [7, 11) is 0. The van der Waals surface area contributed by atoms with Crippen LogP contribution in [0, 0.1) is 5.92 Å². The third-order valence-electron chi connectivity index (χ3n) is 12.2. The van der Waals surface area contributed by atoms with Gasteiger partial charge in [-0.15, -0.1) is 0 Å². The molecule has 54 heavy (non-hydrogen) atoms. The fourth-order valence-electron chi connectivity index (χ4n) is 9.59. The summed E-state index contributed by atoms with van der Waals surface area (Å²) in [5.41, 5.74) is 15.9. The number of hydrogen-bond donors (Lipinski definition) is 0. The van der Waals surface area contributed by atoms with E-state index >= 15 is 0 Å². The summed E-state index contributed by atoms with van der Waals surface area (Å²) in [4.78, 5) is 2.71. The molecule has 0 saturated carbocycles. The average molecular weight is 700 g/mol. The zero-order valence-electron chi connectivity index (χ0n) is 30.6. The molecule has 10 rings (SSSR count). The minimum Gasteiger partial charge on any atom is -0.365 e. The van der Waals surface area contributed by atoms with Crippen LogP contribution in [0.25, 0.3) is 27.8 Å². The molecule has 5 unspecified atom stereocenters. The number of nitrogens with zero attached hydrogens (tertiary/aromatic N) is 1. The van der Waals surface area contributed by atoms with Crippen LogP contribution >= 0.6 is 0 Å². The van der Waals surface area contributed by atoms with Crippen LogP contribution in [0.4, 0.5) is 5.69 Å². The van der Waals surface area contributed by atoms with Gasteiger partial charge in [-0.3, -0.25) is 0 Å². The van der Waals surface area contributed by atoms with E-state index < -0.39 is 0 Å². The van der Waals surface area contributed by atoms with E-state index in [1.807, 2.05) is 0 Å². The Labute approximate surface area is 319 Å². The highest BCUT2D eigenvalue weighted by molar-refractivity contribution is 5.84. The lowest BCUT2D eigenvalue weighted by atomic mass is 9.75. The van der Waals surface area contributed by atoms with E-state index in [9.17, 15) is 0 Å². The Kier molecular flexibility index (Phi) is 8.70. The summed E-state index contributed by atoms with van der Waals surface area (Å²) in [5, 5.41) is 0. The lowest BCUT2D eigenvalue weighted by molar-refractivity contribution is 0.0678. The second-order valence-electron chi connectivity index (χ2n) is 15.2. The van der Waals surface area contributed by atoms with Crippen LogP contribution < -0.4 is 4.90 Å². The van der Waals surface area contributed by atoms with Crippen molar-refractivity contribution >= 4 is 11.3 Å².